The number of hydrogen-bond donors (Lipinski definition) is 2. The second-order valence-corrected chi connectivity index (χ2v) is 6.90. The fraction of sp³-hybridized carbons (Fsp3) is 0.647. The Kier molecular flexibility index (Phi) is 4.52. The molecule has 0 amide bonds. The van der Waals surface area contributed by atoms with Crippen LogP contribution in [0, 0.1) is 0 Å². The van der Waals surface area contributed by atoms with Crippen molar-refractivity contribution in [2.24, 2.45) is 0 Å². The summed E-state index contributed by atoms with van der Waals surface area (Å²) in [4.78, 5) is 0. The molecule has 20 heavy (non-hydrogen) atoms. The highest BCUT2D eigenvalue weighted by atomic mass is 16.5. The van der Waals surface area contributed by atoms with Gasteiger partial charge < -0.3 is 15.2 Å². The summed E-state index contributed by atoms with van der Waals surface area (Å²) in [6.07, 6.45) is 2.04. The van der Waals surface area contributed by atoms with Crippen LogP contribution < -0.4 is 5.32 Å². The second-order valence-electron chi connectivity index (χ2n) is 6.90. The average molecular weight is 277 g/mol. The lowest BCUT2D eigenvalue weighted by atomic mass is 9.94. The number of rotatable bonds is 5. The molecule has 1 aliphatic rings. The van der Waals surface area contributed by atoms with Gasteiger partial charge in [0.15, 0.2) is 0 Å². The molecule has 1 aliphatic heterocycles. The van der Waals surface area contributed by atoms with Crippen molar-refractivity contribution in [3.63, 3.8) is 0 Å². The minimum atomic E-state index is -0.107. The zero-order chi connectivity index (χ0) is 14.8. The van der Waals surface area contributed by atoms with Crippen LogP contribution in [0.4, 0.5) is 0 Å². The molecule has 0 aliphatic carbocycles. The number of aliphatic hydroxyl groups is 1. The molecule has 0 aromatic heterocycles. The molecule has 1 fully saturated rings. The van der Waals surface area contributed by atoms with Crippen LogP contribution in [0.5, 0.6) is 0 Å². The average Bonchev–Trinajstić information content (AvgIpc) is 2.58. The van der Waals surface area contributed by atoms with Gasteiger partial charge in [0.2, 0.25) is 0 Å². The van der Waals surface area contributed by atoms with Gasteiger partial charge in [0.1, 0.15) is 0 Å². The lowest BCUT2D eigenvalue weighted by molar-refractivity contribution is -0.0697. The van der Waals surface area contributed by atoms with E-state index in [0.717, 1.165) is 24.9 Å². The van der Waals surface area contributed by atoms with Crippen LogP contribution in [-0.2, 0) is 17.8 Å². The summed E-state index contributed by atoms with van der Waals surface area (Å²) < 4.78 is 6.09. The quantitative estimate of drug-likeness (QED) is 0.869. The molecule has 1 aromatic carbocycles. The fourth-order valence-electron chi connectivity index (χ4n) is 3.08. The molecular formula is C17H27NO2. The molecule has 2 rings (SSSR count). The summed E-state index contributed by atoms with van der Waals surface area (Å²) in [6.45, 7) is 9.70. The first kappa shape index (κ1) is 15.5. The van der Waals surface area contributed by atoms with Crippen LogP contribution in [-0.4, -0.2) is 28.9 Å². The first-order valence-electron chi connectivity index (χ1n) is 7.45. The van der Waals surface area contributed by atoms with Crippen molar-refractivity contribution in [2.45, 2.75) is 64.4 Å². The van der Waals surface area contributed by atoms with Crippen molar-refractivity contribution < 1.29 is 9.84 Å². The number of hydrogen-bond acceptors (Lipinski definition) is 3. The number of benzene rings is 1. The third-order valence-corrected chi connectivity index (χ3v) is 4.08. The van der Waals surface area contributed by atoms with Gasteiger partial charge in [-0.25, -0.2) is 0 Å². The molecule has 1 atom stereocenters. The lowest BCUT2D eigenvalue weighted by Crippen LogP contribution is -2.44. The summed E-state index contributed by atoms with van der Waals surface area (Å²) >= 11 is 0. The first-order valence-corrected chi connectivity index (χ1v) is 7.45. The molecule has 0 radical (unpaired) electrons. The van der Waals surface area contributed by atoms with E-state index in [4.69, 9.17) is 9.84 Å². The zero-order valence-electron chi connectivity index (χ0n) is 13.1. The molecule has 3 nitrogen and oxygen atoms in total. The van der Waals surface area contributed by atoms with E-state index >= 15 is 0 Å². The standard InChI is InChI=1S/C17H27NO2/c1-16(2)11-15(17(3,4)20-16)18-10-9-13-5-7-14(12-19)8-6-13/h5-8,15,18-19H,9-12H2,1-4H3. The molecular weight excluding hydrogens is 250 g/mol. The van der Waals surface area contributed by atoms with Crippen molar-refractivity contribution in [1.29, 1.82) is 0 Å². The summed E-state index contributed by atoms with van der Waals surface area (Å²) in [5.41, 5.74) is 2.12. The van der Waals surface area contributed by atoms with E-state index in [1.807, 2.05) is 12.1 Å². The normalized spacial score (nSPS) is 23.9. The molecule has 0 saturated carbocycles. The van der Waals surface area contributed by atoms with E-state index in [2.05, 4.69) is 45.1 Å². The second kappa shape index (κ2) is 5.84. The monoisotopic (exact) mass is 277 g/mol. The summed E-state index contributed by atoms with van der Waals surface area (Å²) in [7, 11) is 0. The van der Waals surface area contributed by atoms with Crippen LogP contribution in [0.2, 0.25) is 0 Å². The Bertz CT molecular complexity index is 437. The van der Waals surface area contributed by atoms with E-state index in [0.29, 0.717) is 6.04 Å². The van der Waals surface area contributed by atoms with Gasteiger partial charge in [-0.2, -0.15) is 0 Å². The van der Waals surface area contributed by atoms with Crippen LogP contribution in [0.1, 0.15) is 45.2 Å². The van der Waals surface area contributed by atoms with Gasteiger partial charge in [-0.15, -0.1) is 0 Å². The van der Waals surface area contributed by atoms with E-state index in [1.165, 1.54) is 5.56 Å². The van der Waals surface area contributed by atoms with Gasteiger partial charge >= 0.3 is 0 Å². The smallest absolute Gasteiger partial charge is 0.0787 e. The zero-order valence-corrected chi connectivity index (χ0v) is 13.1. The molecule has 2 N–H and O–H groups in total. The minimum absolute atomic E-state index is 0.0378. The van der Waals surface area contributed by atoms with Gasteiger partial charge in [0, 0.05) is 6.04 Å². The van der Waals surface area contributed by atoms with Crippen molar-refractivity contribution in [2.75, 3.05) is 6.54 Å². The molecule has 0 bridgehead atoms. The number of nitrogens with one attached hydrogen (secondary N) is 1. The maximum absolute atomic E-state index is 9.03. The highest BCUT2D eigenvalue weighted by Gasteiger charge is 2.45. The maximum atomic E-state index is 9.03. The third-order valence-electron chi connectivity index (χ3n) is 4.08. The van der Waals surface area contributed by atoms with Crippen molar-refractivity contribution in [3.8, 4) is 0 Å². The largest absolute Gasteiger partial charge is 0.392 e. The Morgan fingerprint density at radius 1 is 1.15 bits per heavy atom. The minimum Gasteiger partial charge on any atom is -0.392 e. The van der Waals surface area contributed by atoms with Crippen molar-refractivity contribution in [3.05, 3.63) is 35.4 Å². The Hall–Kier alpha value is -0.900. The molecule has 112 valence electrons. The van der Waals surface area contributed by atoms with E-state index in [9.17, 15) is 0 Å². The van der Waals surface area contributed by atoms with Crippen LogP contribution >= 0.6 is 0 Å². The Balaban J connectivity index is 1.83. The number of aliphatic hydroxyl groups excluding tert-OH is 1. The molecule has 1 aromatic rings. The van der Waals surface area contributed by atoms with E-state index < -0.39 is 0 Å². The maximum Gasteiger partial charge on any atom is 0.0787 e. The molecule has 1 heterocycles. The number of ether oxygens (including phenoxy) is 1. The van der Waals surface area contributed by atoms with Crippen LogP contribution in [0.3, 0.4) is 0 Å². The molecule has 0 spiro atoms. The van der Waals surface area contributed by atoms with Crippen LogP contribution in [0.15, 0.2) is 24.3 Å². The Morgan fingerprint density at radius 3 is 2.25 bits per heavy atom. The van der Waals surface area contributed by atoms with Gasteiger partial charge in [-0.1, -0.05) is 24.3 Å². The predicted octanol–water partition coefficient (Wildman–Crippen LogP) is 2.66. The van der Waals surface area contributed by atoms with Gasteiger partial charge in [0.25, 0.3) is 0 Å². The SMILES string of the molecule is CC1(C)CC(NCCc2ccc(CO)cc2)C(C)(C)O1. The Labute approximate surface area is 122 Å². The van der Waals surface area contributed by atoms with Gasteiger partial charge in [0.05, 0.1) is 17.8 Å². The summed E-state index contributed by atoms with van der Waals surface area (Å²) in [6, 6.07) is 8.55. The fourth-order valence-corrected chi connectivity index (χ4v) is 3.08. The van der Waals surface area contributed by atoms with Gasteiger partial charge in [-0.05, 0) is 58.2 Å². The molecule has 1 saturated heterocycles. The topological polar surface area (TPSA) is 41.5 Å². The van der Waals surface area contributed by atoms with Gasteiger partial charge in [-0.3, -0.25) is 0 Å². The molecule has 3 heteroatoms. The first-order chi connectivity index (χ1) is 9.32. The highest BCUT2D eigenvalue weighted by molar-refractivity contribution is 5.22. The van der Waals surface area contributed by atoms with E-state index in [-0.39, 0.29) is 17.8 Å². The lowest BCUT2D eigenvalue weighted by Gasteiger charge is -2.27. The van der Waals surface area contributed by atoms with E-state index in [1.54, 1.807) is 0 Å². The predicted molar refractivity (Wildman–Crippen MR) is 81.7 cm³/mol. The third kappa shape index (κ3) is 3.81. The Morgan fingerprint density at radius 2 is 1.75 bits per heavy atom. The van der Waals surface area contributed by atoms with Crippen LogP contribution in [0.25, 0.3) is 0 Å². The summed E-state index contributed by atoms with van der Waals surface area (Å²) in [5, 5.41) is 12.7. The van der Waals surface area contributed by atoms with Crippen molar-refractivity contribution in [1.82, 2.24) is 5.32 Å². The highest BCUT2D eigenvalue weighted by Crippen LogP contribution is 2.37. The molecule has 1 unspecified atom stereocenters. The van der Waals surface area contributed by atoms with Crippen molar-refractivity contribution >= 4 is 0 Å². The summed E-state index contributed by atoms with van der Waals surface area (Å²) in [5.74, 6) is 0.